The molecular weight excluding hydrogens is 160 g/mol. The first kappa shape index (κ1) is 11.0. The Hall–Kier alpha value is -0.0800. The monoisotopic (exact) mass is 184 g/mol. The van der Waals surface area contributed by atoms with Gasteiger partial charge in [-0.1, -0.05) is 13.3 Å². The molecular formula is C11H24N2. The van der Waals surface area contributed by atoms with E-state index in [9.17, 15) is 0 Å². The average molecular weight is 184 g/mol. The molecule has 1 aliphatic rings. The first-order valence-electron chi connectivity index (χ1n) is 5.67. The van der Waals surface area contributed by atoms with Crippen molar-refractivity contribution in [2.75, 3.05) is 6.54 Å². The molecule has 0 aromatic heterocycles. The highest BCUT2D eigenvalue weighted by atomic mass is 14.9. The molecule has 0 amide bonds. The van der Waals surface area contributed by atoms with Gasteiger partial charge >= 0.3 is 0 Å². The van der Waals surface area contributed by atoms with Crippen LogP contribution in [0, 0.1) is 5.92 Å². The molecule has 78 valence electrons. The van der Waals surface area contributed by atoms with Crippen molar-refractivity contribution in [3.05, 3.63) is 0 Å². The smallest absolute Gasteiger partial charge is 0.00683 e. The predicted octanol–water partition coefficient (Wildman–Crippen LogP) is 1.89. The second-order valence-electron chi connectivity index (χ2n) is 4.70. The Morgan fingerprint density at radius 1 is 1.31 bits per heavy atom. The molecule has 2 unspecified atom stereocenters. The third-order valence-electron chi connectivity index (χ3n) is 2.69. The minimum absolute atomic E-state index is 0.378. The number of hydrogen-bond acceptors (Lipinski definition) is 2. The van der Waals surface area contributed by atoms with Gasteiger partial charge in [0, 0.05) is 12.1 Å². The zero-order valence-corrected chi connectivity index (χ0v) is 9.05. The van der Waals surface area contributed by atoms with E-state index in [0.717, 1.165) is 12.0 Å². The van der Waals surface area contributed by atoms with Crippen LogP contribution in [-0.2, 0) is 0 Å². The summed E-state index contributed by atoms with van der Waals surface area (Å²) < 4.78 is 0. The quantitative estimate of drug-likeness (QED) is 0.634. The van der Waals surface area contributed by atoms with E-state index in [1.54, 1.807) is 0 Å². The van der Waals surface area contributed by atoms with Crippen LogP contribution in [0.5, 0.6) is 0 Å². The molecule has 1 rings (SSSR count). The Labute approximate surface area is 82.3 Å². The lowest BCUT2D eigenvalue weighted by molar-refractivity contribution is 0.447. The van der Waals surface area contributed by atoms with E-state index in [1.165, 1.54) is 38.6 Å². The van der Waals surface area contributed by atoms with E-state index in [4.69, 9.17) is 5.73 Å². The van der Waals surface area contributed by atoms with Crippen LogP contribution in [0.3, 0.4) is 0 Å². The fourth-order valence-corrected chi connectivity index (χ4v) is 1.55. The van der Waals surface area contributed by atoms with E-state index in [1.807, 2.05) is 0 Å². The number of nitrogens with two attached hydrogens (primary N) is 1. The van der Waals surface area contributed by atoms with Crippen molar-refractivity contribution in [2.45, 2.75) is 58.0 Å². The lowest BCUT2D eigenvalue weighted by Gasteiger charge is -2.12. The lowest BCUT2D eigenvalue weighted by atomic mass is 10.0. The molecule has 0 aromatic carbocycles. The van der Waals surface area contributed by atoms with Gasteiger partial charge in [-0.15, -0.1) is 0 Å². The van der Waals surface area contributed by atoms with Crippen LogP contribution in [0.15, 0.2) is 0 Å². The first-order chi connectivity index (χ1) is 6.18. The fourth-order valence-electron chi connectivity index (χ4n) is 1.55. The minimum Gasteiger partial charge on any atom is -0.328 e. The molecule has 0 heterocycles. The van der Waals surface area contributed by atoms with Crippen LogP contribution < -0.4 is 11.1 Å². The molecule has 1 saturated carbocycles. The van der Waals surface area contributed by atoms with E-state index >= 15 is 0 Å². The molecule has 2 heteroatoms. The molecule has 0 aliphatic heterocycles. The maximum Gasteiger partial charge on any atom is 0.00683 e. The molecule has 0 aromatic rings. The molecule has 13 heavy (non-hydrogen) atoms. The maximum absolute atomic E-state index is 5.70. The van der Waals surface area contributed by atoms with Crippen molar-refractivity contribution >= 4 is 0 Å². The SMILES string of the molecule is CC(N)CCCC(C)CNC1CC1. The largest absolute Gasteiger partial charge is 0.328 e. The Bertz CT molecular complexity index is 130. The average Bonchev–Trinajstić information content (AvgIpc) is 2.83. The molecule has 0 bridgehead atoms. The van der Waals surface area contributed by atoms with Gasteiger partial charge in [0.15, 0.2) is 0 Å². The molecule has 1 aliphatic carbocycles. The number of nitrogens with one attached hydrogen (secondary N) is 1. The van der Waals surface area contributed by atoms with Crippen LogP contribution in [-0.4, -0.2) is 18.6 Å². The van der Waals surface area contributed by atoms with E-state index in [0.29, 0.717) is 6.04 Å². The fraction of sp³-hybridized carbons (Fsp3) is 1.00. The molecule has 0 saturated heterocycles. The van der Waals surface area contributed by atoms with Gasteiger partial charge < -0.3 is 11.1 Å². The van der Waals surface area contributed by atoms with Crippen molar-refractivity contribution in [3.8, 4) is 0 Å². The van der Waals surface area contributed by atoms with Crippen molar-refractivity contribution < 1.29 is 0 Å². The van der Waals surface area contributed by atoms with Crippen LogP contribution in [0.25, 0.3) is 0 Å². The van der Waals surface area contributed by atoms with Crippen molar-refractivity contribution in [1.82, 2.24) is 5.32 Å². The van der Waals surface area contributed by atoms with Crippen LogP contribution in [0.4, 0.5) is 0 Å². The molecule has 2 nitrogen and oxygen atoms in total. The van der Waals surface area contributed by atoms with Gasteiger partial charge in [0.05, 0.1) is 0 Å². The summed E-state index contributed by atoms with van der Waals surface area (Å²) in [6.07, 6.45) is 6.57. The van der Waals surface area contributed by atoms with Crippen molar-refractivity contribution in [3.63, 3.8) is 0 Å². The van der Waals surface area contributed by atoms with Gasteiger partial charge in [-0.2, -0.15) is 0 Å². The zero-order valence-electron chi connectivity index (χ0n) is 9.05. The van der Waals surface area contributed by atoms with Gasteiger partial charge in [0.1, 0.15) is 0 Å². The summed E-state index contributed by atoms with van der Waals surface area (Å²) in [6, 6.07) is 1.24. The van der Waals surface area contributed by atoms with Gasteiger partial charge in [-0.3, -0.25) is 0 Å². The highest BCUT2D eigenvalue weighted by molar-refractivity contribution is 4.81. The highest BCUT2D eigenvalue weighted by Gasteiger charge is 2.20. The molecule has 3 N–H and O–H groups in total. The zero-order chi connectivity index (χ0) is 9.68. The summed E-state index contributed by atoms with van der Waals surface area (Å²) in [6.45, 7) is 5.62. The summed E-state index contributed by atoms with van der Waals surface area (Å²) in [7, 11) is 0. The molecule has 0 radical (unpaired) electrons. The maximum atomic E-state index is 5.70. The number of hydrogen-bond donors (Lipinski definition) is 2. The van der Waals surface area contributed by atoms with E-state index < -0.39 is 0 Å². The predicted molar refractivity (Wildman–Crippen MR) is 57.7 cm³/mol. The Morgan fingerprint density at radius 3 is 2.54 bits per heavy atom. The Morgan fingerprint density at radius 2 is 2.00 bits per heavy atom. The Balaban J connectivity index is 1.87. The summed E-state index contributed by atoms with van der Waals surface area (Å²) in [4.78, 5) is 0. The normalized spacial score (nSPS) is 21.5. The topological polar surface area (TPSA) is 38.0 Å². The second-order valence-corrected chi connectivity index (χ2v) is 4.70. The second kappa shape index (κ2) is 5.61. The first-order valence-corrected chi connectivity index (χ1v) is 5.67. The van der Waals surface area contributed by atoms with Gasteiger partial charge in [-0.05, 0) is 45.1 Å². The molecule has 2 atom stereocenters. The van der Waals surface area contributed by atoms with Gasteiger partial charge in [-0.25, -0.2) is 0 Å². The van der Waals surface area contributed by atoms with Crippen LogP contribution in [0.1, 0.15) is 46.0 Å². The summed E-state index contributed by atoms with van der Waals surface area (Å²) in [5, 5.41) is 3.56. The van der Waals surface area contributed by atoms with Gasteiger partial charge in [0.25, 0.3) is 0 Å². The van der Waals surface area contributed by atoms with Crippen LogP contribution >= 0.6 is 0 Å². The Kier molecular flexibility index (Phi) is 4.74. The standard InChI is InChI=1S/C11H24N2/c1-9(4-3-5-10(2)12)8-13-11-6-7-11/h9-11,13H,3-8,12H2,1-2H3. The molecule has 0 spiro atoms. The summed E-state index contributed by atoms with van der Waals surface area (Å²) >= 11 is 0. The third-order valence-corrected chi connectivity index (χ3v) is 2.69. The van der Waals surface area contributed by atoms with E-state index in [2.05, 4.69) is 19.2 Å². The summed E-state index contributed by atoms with van der Waals surface area (Å²) in [5.41, 5.74) is 5.70. The van der Waals surface area contributed by atoms with E-state index in [-0.39, 0.29) is 0 Å². The van der Waals surface area contributed by atoms with Crippen molar-refractivity contribution in [2.24, 2.45) is 11.7 Å². The summed E-state index contributed by atoms with van der Waals surface area (Å²) in [5.74, 6) is 0.819. The van der Waals surface area contributed by atoms with Gasteiger partial charge in [0.2, 0.25) is 0 Å². The number of rotatable bonds is 7. The molecule has 1 fully saturated rings. The minimum atomic E-state index is 0.378. The highest BCUT2D eigenvalue weighted by Crippen LogP contribution is 2.19. The van der Waals surface area contributed by atoms with Crippen molar-refractivity contribution in [1.29, 1.82) is 0 Å². The van der Waals surface area contributed by atoms with Crippen LogP contribution in [0.2, 0.25) is 0 Å². The lowest BCUT2D eigenvalue weighted by Crippen LogP contribution is -2.23. The third kappa shape index (κ3) is 6.05.